The normalized spacial score (nSPS) is 17.1. The van der Waals surface area contributed by atoms with Crippen LogP contribution in [0.5, 0.6) is 0 Å². The monoisotopic (exact) mass is 323 g/mol. The Hall–Kier alpha value is -1.26. The van der Waals surface area contributed by atoms with Crippen LogP contribution in [-0.2, 0) is 4.79 Å². The topological polar surface area (TPSA) is 44.4 Å². The van der Waals surface area contributed by atoms with Gasteiger partial charge in [0.2, 0.25) is 5.91 Å². The SMILES string of the molecule is CC(CC(=O)Nc1cccc(Cl)c1N(C)C)C1CCNCC1. The molecule has 0 aromatic heterocycles. The van der Waals surface area contributed by atoms with Crippen molar-refractivity contribution in [2.24, 2.45) is 11.8 Å². The molecule has 2 N–H and O–H groups in total. The fourth-order valence-corrected chi connectivity index (χ4v) is 3.49. The summed E-state index contributed by atoms with van der Waals surface area (Å²) in [4.78, 5) is 14.3. The van der Waals surface area contributed by atoms with Crippen LogP contribution in [0.3, 0.4) is 0 Å². The van der Waals surface area contributed by atoms with Crippen molar-refractivity contribution in [1.82, 2.24) is 5.32 Å². The van der Waals surface area contributed by atoms with E-state index < -0.39 is 0 Å². The van der Waals surface area contributed by atoms with Crippen LogP contribution in [0.15, 0.2) is 18.2 Å². The summed E-state index contributed by atoms with van der Waals surface area (Å²) in [6, 6.07) is 5.60. The lowest BCUT2D eigenvalue weighted by Gasteiger charge is -2.28. The highest BCUT2D eigenvalue weighted by atomic mass is 35.5. The van der Waals surface area contributed by atoms with Gasteiger partial charge in [-0.1, -0.05) is 24.6 Å². The molecule has 1 aliphatic rings. The standard InChI is InChI=1S/C17H26ClN3O/c1-12(13-7-9-19-10-8-13)11-16(22)20-15-6-4-5-14(18)17(15)21(2)3/h4-6,12-13,19H,7-11H2,1-3H3,(H,20,22). The summed E-state index contributed by atoms with van der Waals surface area (Å²) in [5, 5.41) is 7.04. The molecule has 0 bridgehead atoms. The minimum atomic E-state index is 0.0661. The lowest BCUT2D eigenvalue weighted by Crippen LogP contribution is -2.32. The largest absolute Gasteiger partial charge is 0.375 e. The van der Waals surface area contributed by atoms with Crippen molar-refractivity contribution < 1.29 is 4.79 Å². The quantitative estimate of drug-likeness (QED) is 0.873. The molecule has 2 rings (SSSR count). The number of carbonyl (C=O) groups is 1. The zero-order valence-electron chi connectivity index (χ0n) is 13.7. The lowest BCUT2D eigenvalue weighted by atomic mass is 9.84. The first-order valence-electron chi connectivity index (χ1n) is 7.95. The Bertz CT molecular complexity index is 513. The smallest absolute Gasteiger partial charge is 0.224 e. The van der Waals surface area contributed by atoms with Gasteiger partial charge in [-0.05, 0) is 49.9 Å². The van der Waals surface area contributed by atoms with E-state index >= 15 is 0 Å². The summed E-state index contributed by atoms with van der Waals surface area (Å²) < 4.78 is 0. The third-order valence-electron chi connectivity index (χ3n) is 4.40. The van der Waals surface area contributed by atoms with Crippen molar-refractivity contribution in [2.45, 2.75) is 26.2 Å². The maximum Gasteiger partial charge on any atom is 0.224 e. The van der Waals surface area contributed by atoms with Gasteiger partial charge in [-0.25, -0.2) is 0 Å². The number of hydrogen-bond acceptors (Lipinski definition) is 3. The van der Waals surface area contributed by atoms with Gasteiger partial charge in [-0.2, -0.15) is 0 Å². The number of carbonyl (C=O) groups excluding carboxylic acids is 1. The summed E-state index contributed by atoms with van der Waals surface area (Å²) >= 11 is 6.24. The third-order valence-corrected chi connectivity index (χ3v) is 4.71. The van der Waals surface area contributed by atoms with Gasteiger partial charge in [0.1, 0.15) is 0 Å². The molecule has 1 unspecified atom stereocenters. The van der Waals surface area contributed by atoms with Gasteiger partial charge in [0, 0.05) is 20.5 Å². The van der Waals surface area contributed by atoms with Crippen molar-refractivity contribution >= 4 is 28.9 Å². The second-order valence-electron chi connectivity index (χ2n) is 6.35. The van der Waals surface area contributed by atoms with Gasteiger partial charge in [-0.3, -0.25) is 4.79 Å². The first kappa shape index (κ1) is 17.1. The van der Waals surface area contributed by atoms with Gasteiger partial charge in [0.25, 0.3) is 0 Å². The summed E-state index contributed by atoms with van der Waals surface area (Å²) in [6.07, 6.45) is 2.88. The van der Waals surface area contributed by atoms with Gasteiger partial charge >= 0.3 is 0 Å². The molecule has 1 saturated heterocycles. The van der Waals surface area contributed by atoms with Gasteiger partial charge < -0.3 is 15.5 Å². The number of rotatable bonds is 5. The summed E-state index contributed by atoms with van der Waals surface area (Å²) in [7, 11) is 3.85. The van der Waals surface area contributed by atoms with Crippen molar-refractivity contribution in [3.05, 3.63) is 23.2 Å². The number of halogens is 1. The molecule has 122 valence electrons. The molecule has 1 aliphatic heterocycles. The lowest BCUT2D eigenvalue weighted by molar-refractivity contribution is -0.117. The van der Waals surface area contributed by atoms with E-state index in [0.717, 1.165) is 37.3 Å². The number of piperidine rings is 1. The number of benzene rings is 1. The van der Waals surface area contributed by atoms with E-state index in [-0.39, 0.29) is 5.91 Å². The maximum absolute atomic E-state index is 12.4. The van der Waals surface area contributed by atoms with E-state index in [4.69, 9.17) is 11.6 Å². The molecule has 1 heterocycles. The summed E-state index contributed by atoms with van der Waals surface area (Å²) in [5.41, 5.74) is 1.63. The molecule has 0 radical (unpaired) electrons. The van der Waals surface area contributed by atoms with Crippen LogP contribution in [0.2, 0.25) is 5.02 Å². The predicted molar refractivity (Wildman–Crippen MR) is 93.8 cm³/mol. The average molecular weight is 324 g/mol. The fraction of sp³-hybridized carbons (Fsp3) is 0.588. The second kappa shape index (κ2) is 7.84. The Morgan fingerprint density at radius 3 is 2.73 bits per heavy atom. The molecule has 1 fully saturated rings. The minimum Gasteiger partial charge on any atom is -0.375 e. The molecule has 0 saturated carbocycles. The Labute approximate surface area is 138 Å². The van der Waals surface area contributed by atoms with Crippen LogP contribution in [0.25, 0.3) is 0 Å². The van der Waals surface area contributed by atoms with Gasteiger partial charge in [0.15, 0.2) is 0 Å². The van der Waals surface area contributed by atoms with Crippen molar-refractivity contribution in [2.75, 3.05) is 37.4 Å². The minimum absolute atomic E-state index is 0.0661. The zero-order chi connectivity index (χ0) is 16.1. The molecule has 1 aromatic rings. The van der Waals surface area contributed by atoms with Crippen molar-refractivity contribution in [3.8, 4) is 0 Å². The number of nitrogens with zero attached hydrogens (tertiary/aromatic N) is 1. The van der Waals surface area contributed by atoms with Gasteiger partial charge in [-0.15, -0.1) is 0 Å². The third kappa shape index (κ3) is 4.37. The van der Waals surface area contributed by atoms with Crippen LogP contribution in [0.1, 0.15) is 26.2 Å². The fourth-order valence-electron chi connectivity index (χ4n) is 3.14. The van der Waals surface area contributed by atoms with Crippen molar-refractivity contribution in [3.63, 3.8) is 0 Å². The van der Waals surface area contributed by atoms with Crippen LogP contribution in [0, 0.1) is 11.8 Å². The van der Waals surface area contributed by atoms with Crippen LogP contribution in [0.4, 0.5) is 11.4 Å². The van der Waals surface area contributed by atoms with E-state index in [1.165, 1.54) is 0 Å². The number of nitrogens with one attached hydrogen (secondary N) is 2. The molecular formula is C17H26ClN3O. The van der Waals surface area contributed by atoms with E-state index in [1.54, 1.807) is 0 Å². The van der Waals surface area contributed by atoms with E-state index in [2.05, 4.69) is 17.6 Å². The zero-order valence-corrected chi connectivity index (χ0v) is 14.4. The maximum atomic E-state index is 12.4. The number of hydrogen-bond donors (Lipinski definition) is 2. The molecular weight excluding hydrogens is 298 g/mol. The first-order chi connectivity index (χ1) is 10.5. The first-order valence-corrected chi connectivity index (χ1v) is 8.33. The molecule has 0 aliphatic carbocycles. The molecule has 1 aromatic carbocycles. The molecule has 1 atom stereocenters. The highest BCUT2D eigenvalue weighted by Gasteiger charge is 2.22. The predicted octanol–water partition coefficient (Wildman–Crippen LogP) is 3.37. The van der Waals surface area contributed by atoms with Gasteiger partial charge in [0.05, 0.1) is 16.4 Å². The highest BCUT2D eigenvalue weighted by Crippen LogP contribution is 2.33. The second-order valence-corrected chi connectivity index (χ2v) is 6.75. The van der Waals surface area contributed by atoms with Crippen molar-refractivity contribution in [1.29, 1.82) is 0 Å². The highest BCUT2D eigenvalue weighted by molar-refractivity contribution is 6.34. The molecule has 0 spiro atoms. The molecule has 22 heavy (non-hydrogen) atoms. The Balaban J connectivity index is 1.98. The van der Waals surface area contributed by atoms with E-state index in [9.17, 15) is 4.79 Å². The number of para-hydroxylation sites is 1. The van der Waals surface area contributed by atoms with Crippen LogP contribution >= 0.6 is 11.6 Å². The summed E-state index contributed by atoms with van der Waals surface area (Å²) in [5.74, 6) is 1.11. The Kier molecular flexibility index (Phi) is 6.09. The van der Waals surface area contributed by atoms with E-state index in [0.29, 0.717) is 23.3 Å². The molecule has 1 amide bonds. The van der Waals surface area contributed by atoms with Crippen LogP contribution < -0.4 is 15.5 Å². The molecule has 5 heteroatoms. The summed E-state index contributed by atoms with van der Waals surface area (Å²) in [6.45, 7) is 4.31. The van der Waals surface area contributed by atoms with Crippen LogP contribution in [-0.4, -0.2) is 33.1 Å². The number of amides is 1. The Morgan fingerprint density at radius 1 is 1.41 bits per heavy atom. The molecule has 4 nitrogen and oxygen atoms in total. The van der Waals surface area contributed by atoms with E-state index in [1.807, 2.05) is 37.2 Å². The Morgan fingerprint density at radius 2 is 2.09 bits per heavy atom. The average Bonchev–Trinajstić information content (AvgIpc) is 2.47. The number of anilines is 2.